The van der Waals surface area contributed by atoms with E-state index < -0.39 is 12.7 Å². The van der Waals surface area contributed by atoms with Crippen molar-refractivity contribution < 1.29 is 13.2 Å². The van der Waals surface area contributed by atoms with E-state index in [0.29, 0.717) is 11.3 Å². The Labute approximate surface area is 115 Å². The molecule has 0 amide bonds. The van der Waals surface area contributed by atoms with Gasteiger partial charge in [0.25, 0.3) is 0 Å². The fraction of sp³-hybridized carbons (Fsp3) is 0.462. The molecule has 0 atom stereocenters. The van der Waals surface area contributed by atoms with Crippen molar-refractivity contribution in [2.75, 3.05) is 23.7 Å². The number of anilines is 1. The molecule has 0 aliphatic rings. The first-order valence-electron chi connectivity index (χ1n) is 5.90. The molecule has 0 N–H and O–H groups in total. The van der Waals surface area contributed by atoms with Gasteiger partial charge in [0.15, 0.2) is 0 Å². The molecule has 0 radical (unpaired) electrons. The third-order valence-corrected chi connectivity index (χ3v) is 3.45. The Morgan fingerprint density at radius 1 is 1.32 bits per heavy atom. The Hall–Kier alpha value is -1.35. The van der Waals surface area contributed by atoms with Crippen LogP contribution in [0.3, 0.4) is 0 Å². The highest BCUT2D eigenvalue weighted by atomic mass is 32.2. The van der Waals surface area contributed by atoms with Gasteiger partial charge in [-0.05, 0) is 24.8 Å². The smallest absolute Gasteiger partial charge is 0.362 e. The van der Waals surface area contributed by atoms with Gasteiger partial charge in [-0.2, -0.15) is 18.4 Å². The molecule has 0 aliphatic carbocycles. The summed E-state index contributed by atoms with van der Waals surface area (Å²) in [7, 11) is 0. The van der Waals surface area contributed by atoms with Crippen molar-refractivity contribution in [1.29, 1.82) is 5.26 Å². The van der Waals surface area contributed by atoms with Crippen molar-refractivity contribution in [3.05, 3.63) is 23.8 Å². The number of thioether (sulfide) groups is 1. The van der Waals surface area contributed by atoms with Crippen molar-refractivity contribution in [3.63, 3.8) is 0 Å². The Morgan fingerprint density at radius 2 is 2.00 bits per heavy atom. The highest BCUT2D eigenvalue weighted by Gasteiger charge is 2.31. The summed E-state index contributed by atoms with van der Waals surface area (Å²) in [6, 6.07) is 7.03. The van der Waals surface area contributed by atoms with Gasteiger partial charge in [0.2, 0.25) is 0 Å². The maximum atomic E-state index is 12.5. The predicted molar refractivity (Wildman–Crippen MR) is 71.5 cm³/mol. The van der Waals surface area contributed by atoms with E-state index in [1.807, 2.05) is 13.0 Å². The molecular weight excluding hydrogens is 273 g/mol. The van der Waals surface area contributed by atoms with Crippen molar-refractivity contribution in [3.8, 4) is 6.07 Å². The molecule has 0 heterocycles. The lowest BCUT2D eigenvalue weighted by Crippen LogP contribution is -2.34. The number of alkyl halides is 3. The molecule has 2 nitrogen and oxygen atoms in total. The third-order valence-electron chi connectivity index (χ3n) is 2.51. The lowest BCUT2D eigenvalue weighted by molar-refractivity contribution is -0.119. The van der Waals surface area contributed by atoms with Crippen LogP contribution < -0.4 is 4.90 Å². The van der Waals surface area contributed by atoms with Crippen LogP contribution in [0.5, 0.6) is 0 Å². The van der Waals surface area contributed by atoms with E-state index in [4.69, 9.17) is 0 Å². The fourth-order valence-corrected chi connectivity index (χ4v) is 2.54. The number of nitrogens with zero attached hydrogens (tertiary/aromatic N) is 2. The van der Waals surface area contributed by atoms with E-state index in [9.17, 15) is 18.4 Å². The summed E-state index contributed by atoms with van der Waals surface area (Å²) in [5.41, 5.74) is 0.668. The molecule has 0 spiro atoms. The number of halogens is 3. The quantitative estimate of drug-likeness (QED) is 0.765. The lowest BCUT2D eigenvalue weighted by atomic mass is 10.1. The molecule has 6 heteroatoms. The van der Waals surface area contributed by atoms with Crippen LogP contribution in [0.15, 0.2) is 23.1 Å². The Balaban J connectivity index is 3.17. The molecule has 0 unspecified atom stereocenters. The van der Waals surface area contributed by atoms with Crippen molar-refractivity contribution >= 4 is 17.4 Å². The molecule has 0 saturated heterocycles. The van der Waals surface area contributed by atoms with Gasteiger partial charge in [0.05, 0.1) is 11.3 Å². The van der Waals surface area contributed by atoms with E-state index in [1.165, 1.54) is 16.7 Å². The predicted octanol–water partition coefficient (Wildman–Crippen LogP) is 4.06. The van der Waals surface area contributed by atoms with Crippen molar-refractivity contribution in [2.24, 2.45) is 0 Å². The van der Waals surface area contributed by atoms with Crippen LogP contribution in [-0.4, -0.2) is 25.0 Å². The van der Waals surface area contributed by atoms with E-state index in [0.717, 1.165) is 10.6 Å². The minimum atomic E-state index is -4.28. The molecule has 0 bridgehead atoms. The van der Waals surface area contributed by atoms with Crippen LogP contribution in [0.1, 0.15) is 19.4 Å². The summed E-state index contributed by atoms with van der Waals surface area (Å²) in [4.78, 5) is 1.90. The van der Waals surface area contributed by atoms with Gasteiger partial charge in [0, 0.05) is 11.4 Å². The van der Waals surface area contributed by atoms with Crippen molar-refractivity contribution in [1.82, 2.24) is 0 Å². The minimum absolute atomic E-state index is 0.203. The summed E-state index contributed by atoms with van der Waals surface area (Å²) in [6.45, 7) is 2.74. The topological polar surface area (TPSA) is 27.0 Å². The van der Waals surface area contributed by atoms with E-state index in [2.05, 4.69) is 0 Å². The van der Waals surface area contributed by atoms with Crippen LogP contribution in [0.25, 0.3) is 0 Å². The average Bonchev–Trinajstić information content (AvgIpc) is 2.35. The first-order valence-corrected chi connectivity index (χ1v) is 6.89. The second kappa shape index (κ2) is 6.71. The number of rotatable bonds is 5. The molecule has 0 saturated carbocycles. The summed E-state index contributed by atoms with van der Waals surface area (Å²) in [5, 5.41) is 9.20. The average molecular weight is 288 g/mol. The molecule has 1 rings (SSSR count). The maximum Gasteiger partial charge on any atom is 0.405 e. The largest absolute Gasteiger partial charge is 0.405 e. The fourth-order valence-electron chi connectivity index (χ4n) is 1.75. The Bertz CT molecular complexity index is 466. The van der Waals surface area contributed by atoms with Crippen LogP contribution in [-0.2, 0) is 0 Å². The molecule has 0 aliphatic heterocycles. The number of hydrogen-bond donors (Lipinski definition) is 0. The van der Waals surface area contributed by atoms with Gasteiger partial charge in [-0.15, -0.1) is 11.8 Å². The maximum absolute atomic E-state index is 12.5. The SMILES string of the molecule is CCSc1cccc(N(CC)CC(F)(F)F)c1C#N. The standard InChI is InChI=1S/C13H15F3N2S/c1-3-18(9-13(14,15)16)11-6-5-7-12(19-4-2)10(11)8-17/h5-7H,3-4,9H2,1-2H3. The summed E-state index contributed by atoms with van der Waals surface area (Å²) in [5.74, 6) is 0.767. The van der Waals surface area contributed by atoms with Crippen molar-refractivity contribution in [2.45, 2.75) is 24.9 Å². The highest BCUT2D eigenvalue weighted by molar-refractivity contribution is 7.99. The zero-order chi connectivity index (χ0) is 14.5. The zero-order valence-electron chi connectivity index (χ0n) is 10.8. The number of benzene rings is 1. The Morgan fingerprint density at radius 3 is 2.47 bits per heavy atom. The molecule has 19 heavy (non-hydrogen) atoms. The zero-order valence-corrected chi connectivity index (χ0v) is 11.6. The van der Waals surface area contributed by atoms with Gasteiger partial charge >= 0.3 is 6.18 Å². The number of nitriles is 1. The van der Waals surface area contributed by atoms with Crippen LogP contribution >= 0.6 is 11.8 Å². The van der Waals surface area contributed by atoms with E-state index in [-0.39, 0.29) is 6.54 Å². The highest BCUT2D eigenvalue weighted by Crippen LogP contribution is 2.31. The molecule has 1 aromatic rings. The van der Waals surface area contributed by atoms with Crippen LogP contribution in [0.4, 0.5) is 18.9 Å². The molecule has 0 fully saturated rings. The molecule has 1 aromatic carbocycles. The summed E-state index contributed by atoms with van der Waals surface area (Å²) < 4.78 is 37.6. The minimum Gasteiger partial charge on any atom is -0.362 e. The molecular formula is C13H15F3N2S. The van der Waals surface area contributed by atoms with Gasteiger partial charge in [-0.25, -0.2) is 0 Å². The van der Waals surface area contributed by atoms with Crippen LogP contribution in [0.2, 0.25) is 0 Å². The van der Waals surface area contributed by atoms with Gasteiger partial charge < -0.3 is 4.90 Å². The Kier molecular flexibility index (Phi) is 5.55. The second-order valence-corrected chi connectivity index (χ2v) is 5.13. The van der Waals surface area contributed by atoms with Gasteiger partial charge in [-0.1, -0.05) is 13.0 Å². The molecule has 104 valence electrons. The normalized spacial score (nSPS) is 11.2. The van der Waals surface area contributed by atoms with Gasteiger partial charge in [-0.3, -0.25) is 0 Å². The summed E-state index contributed by atoms with van der Waals surface area (Å²) >= 11 is 1.46. The first-order chi connectivity index (χ1) is 8.92. The summed E-state index contributed by atoms with van der Waals surface area (Å²) in [6.07, 6.45) is -4.28. The first kappa shape index (κ1) is 15.7. The second-order valence-electron chi connectivity index (χ2n) is 3.82. The van der Waals surface area contributed by atoms with Crippen LogP contribution in [0, 0.1) is 11.3 Å². The monoisotopic (exact) mass is 288 g/mol. The molecule has 0 aromatic heterocycles. The number of hydrogen-bond acceptors (Lipinski definition) is 3. The third kappa shape index (κ3) is 4.35. The van der Waals surface area contributed by atoms with E-state index in [1.54, 1.807) is 25.1 Å². The van der Waals surface area contributed by atoms with Gasteiger partial charge in [0.1, 0.15) is 12.6 Å². The van der Waals surface area contributed by atoms with E-state index >= 15 is 0 Å². The lowest BCUT2D eigenvalue weighted by Gasteiger charge is -2.26.